The molecule has 3 heteroatoms. The molecule has 11 heavy (non-hydrogen) atoms. The average molecular weight is 156 g/mol. The third-order valence-electron chi connectivity index (χ3n) is 0.546. The third kappa shape index (κ3) is 28.4. The van der Waals surface area contributed by atoms with Crippen LogP contribution in [0.4, 0.5) is 0 Å². The van der Waals surface area contributed by atoms with Crippen LogP contribution in [0.1, 0.15) is 13.8 Å². The van der Waals surface area contributed by atoms with Gasteiger partial charge in [0, 0.05) is 6.92 Å². The second-order valence-electron chi connectivity index (χ2n) is 1.66. The highest BCUT2D eigenvalue weighted by atomic mass is 16.4. The number of carbonyl (C=O) groups is 1. The molecule has 0 rings (SSSR count). The summed E-state index contributed by atoms with van der Waals surface area (Å²) in [5, 5.41) is 16.0. The van der Waals surface area contributed by atoms with E-state index in [2.05, 4.69) is 5.92 Å². The van der Waals surface area contributed by atoms with E-state index in [-0.39, 0.29) is 0 Å². The number of rotatable bonds is 1. The smallest absolute Gasteiger partial charge is 0.300 e. The highest BCUT2D eigenvalue weighted by Gasteiger charge is 1.83. The molecule has 0 aliphatic heterocycles. The van der Waals surface area contributed by atoms with Crippen LogP contribution in [0.3, 0.4) is 0 Å². The maximum Gasteiger partial charge on any atom is 0.300 e. The van der Waals surface area contributed by atoms with Gasteiger partial charge < -0.3 is 10.2 Å². The number of aliphatic carboxylic acids is 1. The van der Waals surface area contributed by atoms with Crippen LogP contribution in [0.25, 0.3) is 0 Å². The molecular weight excluding hydrogens is 144 g/mol. The zero-order chi connectivity index (χ0) is 9.28. The topological polar surface area (TPSA) is 57.5 Å². The predicted molar refractivity (Wildman–Crippen MR) is 43.0 cm³/mol. The molecule has 62 valence electrons. The van der Waals surface area contributed by atoms with Crippen molar-refractivity contribution in [3.8, 4) is 12.3 Å². The first-order chi connectivity index (χ1) is 5.04. The zero-order valence-electron chi connectivity index (χ0n) is 6.61. The Morgan fingerprint density at radius 1 is 1.73 bits per heavy atom. The van der Waals surface area contributed by atoms with Crippen LogP contribution in [0.15, 0.2) is 12.2 Å². The van der Waals surface area contributed by atoms with Crippen LogP contribution in [-0.2, 0) is 4.79 Å². The molecule has 0 fully saturated rings. The highest BCUT2D eigenvalue weighted by molar-refractivity contribution is 5.62. The molecule has 0 aromatic heterocycles. The van der Waals surface area contributed by atoms with Crippen molar-refractivity contribution in [1.29, 1.82) is 0 Å². The van der Waals surface area contributed by atoms with Crippen molar-refractivity contribution >= 4 is 5.97 Å². The van der Waals surface area contributed by atoms with E-state index in [0.717, 1.165) is 6.92 Å². The van der Waals surface area contributed by atoms with Crippen LogP contribution in [-0.4, -0.2) is 22.3 Å². The maximum atomic E-state index is 9.00. The molecule has 3 nitrogen and oxygen atoms in total. The SMILES string of the molecule is C#CC(O)C=CC.CC(=O)O. The van der Waals surface area contributed by atoms with Crippen molar-refractivity contribution in [3.63, 3.8) is 0 Å². The largest absolute Gasteiger partial charge is 0.481 e. The number of aliphatic hydroxyl groups excluding tert-OH is 1. The van der Waals surface area contributed by atoms with Gasteiger partial charge in [0.15, 0.2) is 0 Å². The first-order valence-corrected chi connectivity index (χ1v) is 3.01. The van der Waals surface area contributed by atoms with Crippen LogP contribution in [0.5, 0.6) is 0 Å². The lowest BCUT2D eigenvalue weighted by Gasteiger charge is -1.87. The summed E-state index contributed by atoms with van der Waals surface area (Å²) in [6.07, 6.45) is 7.36. The Morgan fingerprint density at radius 3 is 2.18 bits per heavy atom. The summed E-state index contributed by atoms with van der Waals surface area (Å²) < 4.78 is 0. The second-order valence-corrected chi connectivity index (χ2v) is 1.66. The van der Waals surface area contributed by atoms with Gasteiger partial charge in [-0.15, -0.1) is 6.42 Å². The van der Waals surface area contributed by atoms with Crippen LogP contribution in [0, 0.1) is 12.3 Å². The Bertz CT molecular complexity index is 161. The molecule has 0 aliphatic rings. The number of carboxylic acid groups (broad SMARTS) is 1. The number of allylic oxidation sites excluding steroid dienone is 1. The second kappa shape index (κ2) is 8.73. The van der Waals surface area contributed by atoms with E-state index in [0.29, 0.717) is 0 Å². The molecule has 2 N–H and O–H groups in total. The van der Waals surface area contributed by atoms with Gasteiger partial charge in [-0.3, -0.25) is 4.79 Å². The minimum Gasteiger partial charge on any atom is -0.481 e. The van der Waals surface area contributed by atoms with Crippen molar-refractivity contribution in [3.05, 3.63) is 12.2 Å². The van der Waals surface area contributed by atoms with E-state index in [1.54, 1.807) is 19.1 Å². The highest BCUT2D eigenvalue weighted by Crippen LogP contribution is 1.79. The van der Waals surface area contributed by atoms with Crippen LogP contribution >= 0.6 is 0 Å². The average Bonchev–Trinajstić information content (AvgIpc) is 1.87. The Kier molecular flexibility index (Phi) is 9.85. The fourth-order valence-electron chi connectivity index (χ4n) is 0.238. The fraction of sp³-hybridized carbons (Fsp3) is 0.375. The Labute approximate surface area is 66.4 Å². The van der Waals surface area contributed by atoms with Crippen molar-refractivity contribution in [2.24, 2.45) is 0 Å². The van der Waals surface area contributed by atoms with Crippen molar-refractivity contribution in [2.75, 3.05) is 0 Å². The number of hydrogen-bond donors (Lipinski definition) is 2. The molecule has 0 heterocycles. The van der Waals surface area contributed by atoms with Crippen molar-refractivity contribution in [2.45, 2.75) is 20.0 Å². The first kappa shape index (κ1) is 12.4. The number of hydrogen-bond acceptors (Lipinski definition) is 2. The van der Waals surface area contributed by atoms with Gasteiger partial charge in [-0.25, -0.2) is 0 Å². The van der Waals surface area contributed by atoms with E-state index in [9.17, 15) is 0 Å². The van der Waals surface area contributed by atoms with Gasteiger partial charge in [-0.2, -0.15) is 0 Å². The van der Waals surface area contributed by atoms with Gasteiger partial charge in [-0.05, 0) is 13.0 Å². The van der Waals surface area contributed by atoms with E-state index < -0.39 is 12.1 Å². The fourth-order valence-corrected chi connectivity index (χ4v) is 0.238. The van der Waals surface area contributed by atoms with Gasteiger partial charge in [0.25, 0.3) is 5.97 Å². The number of terminal acetylenes is 1. The lowest BCUT2D eigenvalue weighted by atomic mass is 10.3. The van der Waals surface area contributed by atoms with Gasteiger partial charge in [0.05, 0.1) is 0 Å². The van der Waals surface area contributed by atoms with Gasteiger partial charge >= 0.3 is 0 Å². The van der Waals surface area contributed by atoms with Gasteiger partial charge in [0.1, 0.15) is 6.10 Å². The minimum absolute atomic E-state index is 0.704. The third-order valence-corrected chi connectivity index (χ3v) is 0.546. The summed E-state index contributed by atoms with van der Waals surface area (Å²) in [6, 6.07) is 0. The molecule has 0 bridgehead atoms. The lowest BCUT2D eigenvalue weighted by Crippen LogP contribution is -1.94. The van der Waals surface area contributed by atoms with E-state index in [1.165, 1.54) is 0 Å². The lowest BCUT2D eigenvalue weighted by molar-refractivity contribution is -0.134. The summed E-state index contributed by atoms with van der Waals surface area (Å²) in [4.78, 5) is 9.00. The van der Waals surface area contributed by atoms with Crippen molar-refractivity contribution < 1.29 is 15.0 Å². The van der Waals surface area contributed by atoms with Gasteiger partial charge in [-0.1, -0.05) is 12.0 Å². The van der Waals surface area contributed by atoms with Crippen molar-refractivity contribution in [1.82, 2.24) is 0 Å². The molecular formula is C8H12O3. The summed E-state index contributed by atoms with van der Waals surface area (Å²) in [6.45, 7) is 2.89. The van der Waals surface area contributed by atoms with E-state index >= 15 is 0 Å². The standard InChI is InChI=1S/C6H8O.C2H4O2/c1-3-5-6(7)4-2;1-2(3)4/h2-3,5-7H,1H3;1H3,(H,3,4). The Morgan fingerprint density at radius 2 is 2.09 bits per heavy atom. The number of aliphatic hydroxyl groups is 1. The van der Waals surface area contributed by atoms with Gasteiger partial charge in [0.2, 0.25) is 0 Å². The molecule has 0 amide bonds. The molecule has 0 saturated carbocycles. The molecule has 0 aromatic rings. The number of carboxylic acids is 1. The minimum atomic E-state index is -0.833. The zero-order valence-corrected chi connectivity index (χ0v) is 6.61. The molecule has 0 radical (unpaired) electrons. The summed E-state index contributed by atoms with van der Waals surface area (Å²) in [5.74, 6) is 1.30. The Hall–Kier alpha value is -1.27. The normalized spacial score (nSPS) is 11.1. The molecule has 1 atom stereocenters. The molecule has 0 aromatic carbocycles. The molecule has 0 aliphatic carbocycles. The molecule has 1 unspecified atom stereocenters. The monoisotopic (exact) mass is 156 g/mol. The molecule has 0 saturated heterocycles. The Balaban J connectivity index is 0. The molecule has 0 spiro atoms. The van der Waals surface area contributed by atoms with Crippen LogP contribution < -0.4 is 0 Å². The van der Waals surface area contributed by atoms with Crippen LogP contribution in [0.2, 0.25) is 0 Å². The first-order valence-electron chi connectivity index (χ1n) is 3.01. The summed E-state index contributed by atoms with van der Waals surface area (Å²) in [5.41, 5.74) is 0. The van der Waals surface area contributed by atoms with E-state index in [1.807, 2.05) is 0 Å². The summed E-state index contributed by atoms with van der Waals surface area (Å²) in [7, 11) is 0. The summed E-state index contributed by atoms with van der Waals surface area (Å²) >= 11 is 0. The quantitative estimate of drug-likeness (QED) is 0.433. The van der Waals surface area contributed by atoms with E-state index in [4.69, 9.17) is 21.4 Å². The maximum absolute atomic E-state index is 9.00. The predicted octanol–water partition coefficient (Wildman–Crippen LogP) is 0.647.